The predicted octanol–water partition coefficient (Wildman–Crippen LogP) is 3.02. The Bertz CT molecular complexity index is 510. The molecule has 0 atom stereocenters. The van der Waals surface area contributed by atoms with Crippen LogP contribution in [-0.4, -0.2) is 42.5 Å². The van der Waals surface area contributed by atoms with E-state index in [9.17, 15) is 9.59 Å². The Balaban J connectivity index is 2.59. The maximum Gasteiger partial charge on any atom is 0.320 e. The monoisotopic (exact) mass is 320 g/mol. The Morgan fingerprint density at radius 3 is 2.17 bits per heavy atom. The fraction of sp³-hybridized carbons (Fsp3) is 0.556. The summed E-state index contributed by atoms with van der Waals surface area (Å²) in [6, 6.07) is 7.91. The molecule has 0 heterocycles. The molecule has 0 bridgehead atoms. The second-order valence-corrected chi connectivity index (χ2v) is 6.13. The number of carbonyl (C=O) groups is 2. The second kappa shape index (κ2) is 9.30. The van der Waals surface area contributed by atoms with Gasteiger partial charge in [0.1, 0.15) is 0 Å². The van der Waals surface area contributed by atoms with Gasteiger partial charge in [-0.2, -0.15) is 0 Å². The SMILES string of the molecule is CCOC(=O)CN(CC(=O)Nc1ccc(C(C)C)cc1)C(C)C. The number of esters is 1. The normalized spacial score (nSPS) is 11.1. The van der Waals surface area contributed by atoms with Crippen molar-refractivity contribution in [2.75, 3.05) is 25.0 Å². The number of anilines is 1. The van der Waals surface area contributed by atoms with Gasteiger partial charge in [-0.25, -0.2) is 0 Å². The van der Waals surface area contributed by atoms with Crippen molar-refractivity contribution in [3.63, 3.8) is 0 Å². The highest BCUT2D eigenvalue weighted by Gasteiger charge is 2.18. The number of ether oxygens (including phenoxy) is 1. The van der Waals surface area contributed by atoms with Crippen LogP contribution in [0.25, 0.3) is 0 Å². The van der Waals surface area contributed by atoms with Crippen molar-refractivity contribution in [1.82, 2.24) is 4.90 Å². The molecular formula is C18H28N2O3. The molecule has 0 saturated heterocycles. The summed E-state index contributed by atoms with van der Waals surface area (Å²) < 4.78 is 4.95. The number of amides is 1. The number of nitrogens with zero attached hydrogens (tertiary/aromatic N) is 1. The minimum Gasteiger partial charge on any atom is -0.465 e. The fourth-order valence-electron chi connectivity index (χ4n) is 2.13. The largest absolute Gasteiger partial charge is 0.465 e. The highest BCUT2D eigenvalue weighted by molar-refractivity contribution is 5.92. The van der Waals surface area contributed by atoms with Crippen LogP contribution in [0.15, 0.2) is 24.3 Å². The van der Waals surface area contributed by atoms with Gasteiger partial charge in [0.05, 0.1) is 19.7 Å². The van der Waals surface area contributed by atoms with Crippen molar-refractivity contribution in [2.24, 2.45) is 0 Å². The van der Waals surface area contributed by atoms with E-state index in [2.05, 4.69) is 19.2 Å². The maximum absolute atomic E-state index is 12.2. The van der Waals surface area contributed by atoms with E-state index in [1.54, 1.807) is 11.8 Å². The molecule has 5 nitrogen and oxygen atoms in total. The minimum absolute atomic E-state index is 0.0773. The van der Waals surface area contributed by atoms with Crippen LogP contribution in [0.1, 0.15) is 46.1 Å². The summed E-state index contributed by atoms with van der Waals surface area (Å²) in [5, 5.41) is 2.87. The van der Waals surface area contributed by atoms with E-state index < -0.39 is 0 Å². The zero-order valence-corrected chi connectivity index (χ0v) is 14.8. The van der Waals surface area contributed by atoms with E-state index in [1.807, 2.05) is 38.1 Å². The molecular weight excluding hydrogens is 292 g/mol. The van der Waals surface area contributed by atoms with Crippen LogP contribution in [0.3, 0.4) is 0 Å². The topological polar surface area (TPSA) is 58.6 Å². The highest BCUT2D eigenvalue weighted by atomic mass is 16.5. The standard InChI is InChI=1S/C18H28N2O3/c1-6-23-18(22)12-20(14(4)5)11-17(21)19-16-9-7-15(8-10-16)13(2)3/h7-10,13-14H,6,11-12H2,1-5H3,(H,19,21). The fourth-order valence-corrected chi connectivity index (χ4v) is 2.13. The molecule has 1 aromatic rings. The quantitative estimate of drug-likeness (QED) is 0.748. The Morgan fingerprint density at radius 2 is 1.70 bits per heavy atom. The molecule has 0 unspecified atom stereocenters. The number of benzene rings is 1. The van der Waals surface area contributed by atoms with Gasteiger partial charge in [0, 0.05) is 11.7 Å². The Hall–Kier alpha value is -1.88. The van der Waals surface area contributed by atoms with Crippen molar-refractivity contribution in [3.05, 3.63) is 29.8 Å². The third-order valence-electron chi connectivity index (χ3n) is 3.58. The first-order valence-corrected chi connectivity index (χ1v) is 8.13. The summed E-state index contributed by atoms with van der Waals surface area (Å²) in [5.74, 6) is 0.0105. The van der Waals surface area contributed by atoms with Gasteiger partial charge in [-0.05, 0) is 44.4 Å². The van der Waals surface area contributed by atoms with Gasteiger partial charge < -0.3 is 10.1 Å². The lowest BCUT2D eigenvalue weighted by atomic mass is 10.0. The summed E-state index contributed by atoms with van der Waals surface area (Å²) in [6.45, 7) is 10.5. The van der Waals surface area contributed by atoms with E-state index in [1.165, 1.54) is 5.56 Å². The van der Waals surface area contributed by atoms with Gasteiger partial charge >= 0.3 is 5.97 Å². The molecule has 128 valence electrons. The van der Waals surface area contributed by atoms with Crippen LogP contribution >= 0.6 is 0 Å². The smallest absolute Gasteiger partial charge is 0.320 e. The minimum atomic E-state index is -0.310. The predicted molar refractivity (Wildman–Crippen MR) is 92.5 cm³/mol. The maximum atomic E-state index is 12.2. The molecule has 1 N–H and O–H groups in total. The lowest BCUT2D eigenvalue weighted by Gasteiger charge is -2.24. The van der Waals surface area contributed by atoms with Crippen LogP contribution in [-0.2, 0) is 14.3 Å². The average molecular weight is 320 g/mol. The molecule has 0 aromatic heterocycles. The molecule has 1 amide bonds. The first-order valence-electron chi connectivity index (χ1n) is 8.13. The molecule has 0 aliphatic rings. The molecule has 0 saturated carbocycles. The van der Waals surface area contributed by atoms with Gasteiger partial charge in [0.25, 0.3) is 0 Å². The number of rotatable bonds is 8. The summed E-state index contributed by atoms with van der Waals surface area (Å²) in [5.41, 5.74) is 1.99. The van der Waals surface area contributed by atoms with E-state index in [0.717, 1.165) is 5.69 Å². The number of hydrogen-bond donors (Lipinski definition) is 1. The highest BCUT2D eigenvalue weighted by Crippen LogP contribution is 2.17. The Kier molecular flexibility index (Phi) is 7.75. The van der Waals surface area contributed by atoms with Crippen molar-refractivity contribution in [2.45, 2.75) is 46.6 Å². The number of hydrogen-bond acceptors (Lipinski definition) is 4. The molecule has 0 aliphatic heterocycles. The van der Waals surface area contributed by atoms with Crippen LogP contribution in [0.2, 0.25) is 0 Å². The Labute approximate surface area is 139 Å². The molecule has 23 heavy (non-hydrogen) atoms. The van der Waals surface area contributed by atoms with Gasteiger partial charge in [-0.3, -0.25) is 14.5 Å². The zero-order valence-electron chi connectivity index (χ0n) is 14.8. The summed E-state index contributed by atoms with van der Waals surface area (Å²) >= 11 is 0. The zero-order chi connectivity index (χ0) is 17.4. The number of carbonyl (C=O) groups excluding carboxylic acids is 2. The van der Waals surface area contributed by atoms with E-state index >= 15 is 0 Å². The van der Waals surface area contributed by atoms with Crippen LogP contribution in [0.4, 0.5) is 5.69 Å². The summed E-state index contributed by atoms with van der Waals surface area (Å²) in [6.07, 6.45) is 0. The van der Waals surface area contributed by atoms with Gasteiger partial charge in [-0.15, -0.1) is 0 Å². The molecule has 1 rings (SSSR count). The first kappa shape index (κ1) is 19.2. The Morgan fingerprint density at radius 1 is 1.09 bits per heavy atom. The molecule has 0 aliphatic carbocycles. The van der Waals surface area contributed by atoms with E-state index in [-0.39, 0.29) is 31.0 Å². The third kappa shape index (κ3) is 6.82. The third-order valence-corrected chi connectivity index (χ3v) is 3.58. The van der Waals surface area contributed by atoms with Gasteiger partial charge in [-0.1, -0.05) is 26.0 Å². The van der Waals surface area contributed by atoms with Crippen LogP contribution in [0, 0.1) is 0 Å². The number of nitrogens with one attached hydrogen (secondary N) is 1. The van der Waals surface area contributed by atoms with Crippen molar-refractivity contribution >= 4 is 17.6 Å². The van der Waals surface area contributed by atoms with Gasteiger partial charge in [0.2, 0.25) is 5.91 Å². The molecule has 0 radical (unpaired) electrons. The van der Waals surface area contributed by atoms with Crippen LogP contribution in [0.5, 0.6) is 0 Å². The molecule has 1 aromatic carbocycles. The van der Waals surface area contributed by atoms with Crippen molar-refractivity contribution < 1.29 is 14.3 Å². The van der Waals surface area contributed by atoms with Crippen molar-refractivity contribution in [3.8, 4) is 0 Å². The molecule has 5 heteroatoms. The lowest BCUT2D eigenvalue weighted by Crippen LogP contribution is -2.41. The lowest BCUT2D eigenvalue weighted by molar-refractivity contribution is -0.145. The second-order valence-electron chi connectivity index (χ2n) is 6.13. The summed E-state index contributed by atoms with van der Waals surface area (Å²) in [4.78, 5) is 25.6. The first-order chi connectivity index (χ1) is 10.8. The molecule has 0 spiro atoms. The van der Waals surface area contributed by atoms with E-state index in [4.69, 9.17) is 4.74 Å². The van der Waals surface area contributed by atoms with Gasteiger partial charge in [0.15, 0.2) is 0 Å². The van der Waals surface area contributed by atoms with E-state index in [0.29, 0.717) is 12.5 Å². The average Bonchev–Trinajstić information content (AvgIpc) is 2.47. The summed E-state index contributed by atoms with van der Waals surface area (Å²) in [7, 11) is 0. The van der Waals surface area contributed by atoms with Crippen molar-refractivity contribution in [1.29, 1.82) is 0 Å². The molecule has 0 fully saturated rings. The van der Waals surface area contributed by atoms with Crippen LogP contribution < -0.4 is 5.32 Å².